The normalized spacial score (nSPS) is 17.1. The van der Waals surface area contributed by atoms with Crippen LogP contribution in [0.2, 0.25) is 0 Å². The van der Waals surface area contributed by atoms with Crippen molar-refractivity contribution >= 4 is 5.97 Å². The van der Waals surface area contributed by atoms with Gasteiger partial charge in [-0.05, 0) is 48.3 Å². The summed E-state index contributed by atoms with van der Waals surface area (Å²) < 4.78 is 5.77. The number of rotatable bonds is 5. The van der Waals surface area contributed by atoms with Gasteiger partial charge in [-0.1, -0.05) is 80.8 Å². The maximum atomic E-state index is 12.4. The Bertz CT molecular complexity index is 667. The van der Waals surface area contributed by atoms with Crippen molar-refractivity contribution in [2.45, 2.75) is 70.3 Å². The smallest absolute Gasteiger partial charge is 0.306 e. The van der Waals surface area contributed by atoms with E-state index in [1.165, 1.54) is 48.8 Å². The molecular weight excluding hydrogens is 320 g/mol. The van der Waals surface area contributed by atoms with Gasteiger partial charge in [0.2, 0.25) is 0 Å². The van der Waals surface area contributed by atoms with Crippen LogP contribution in [0.1, 0.15) is 69.8 Å². The first-order valence-electron chi connectivity index (χ1n) is 10.1. The van der Waals surface area contributed by atoms with Crippen molar-refractivity contribution in [2.24, 2.45) is 0 Å². The highest BCUT2D eigenvalue weighted by atomic mass is 16.5. The average molecular weight is 351 g/mol. The second kappa shape index (κ2) is 9.56. The predicted molar refractivity (Wildman–Crippen MR) is 107 cm³/mol. The summed E-state index contributed by atoms with van der Waals surface area (Å²) in [6.45, 7) is 2.11. The van der Waals surface area contributed by atoms with Gasteiger partial charge >= 0.3 is 5.97 Å². The van der Waals surface area contributed by atoms with Crippen molar-refractivity contribution in [1.29, 1.82) is 0 Å². The monoisotopic (exact) mass is 350 g/mol. The predicted octanol–water partition coefficient (Wildman–Crippen LogP) is 6.50. The molecule has 1 saturated carbocycles. The Labute approximate surface area is 157 Å². The van der Waals surface area contributed by atoms with Gasteiger partial charge in [-0.25, -0.2) is 0 Å². The Balaban J connectivity index is 1.53. The van der Waals surface area contributed by atoms with E-state index in [1.807, 2.05) is 6.07 Å². The molecule has 2 aromatic rings. The van der Waals surface area contributed by atoms with Crippen LogP contribution in [0.4, 0.5) is 0 Å². The first-order valence-corrected chi connectivity index (χ1v) is 10.1. The molecule has 0 aliphatic heterocycles. The van der Waals surface area contributed by atoms with Crippen LogP contribution in [0.5, 0.6) is 0 Å². The largest absolute Gasteiger partial charge is 0.462 e. The summed E-state index contributed by atoms with van der Waals surface area (Å²) in [7, 11) is 0. The first kappa shape index (κ1) is 18.7. The van der Waals surface area contributed by atoms with Crippen LogP contribution in [0, 0.1) is 0 Å². The molecule has 1 atom stereocenters. The molecule has 0 amide bonds. The van der Waals surface area contributed by atoms with Crippen LogP contribution in [-0.4, -0.2) is 12.1 Å². The third-order valence-electron chi connectivity index (χ3n) is 5.41. The van der Waals surface area contributed by atoms with Crippen LogP contribution < -0.4 is 0 Å². The van der Waals surface area contributed by atoms with E-state index >= 15 is 0 Å². The van der Waals surface area contributed by atoms with E-state index in [1.54, 1.807) is 0 Å². The second-order valence-corrected chi connectivity index (χ2v) is 7.55. The molecule has 2 aromatic carbocycles. The van der Waals surface area contributed by atoms with Crippen LogP contribution in [0.3, 0.4) is 0 Å². The molecule has 1 aliphatic rings. The number of ether oxygens (including phenoxy) is 1. The highest BCUT2D eigenvalue weighted by Crippen LogP contribution is 2.26. The minimum Gasteiger partial charge on any atom is -0.462 e. The molecule has 2 heteroatoms. The van der Waals surface area contributed by atoms with E-state index < -0.39 is 0 Å². The molecule has 1 unspecified atom stereocenters. The number of hydrogen-bond donors (Lipinski definition) is 0. The molecule has 0 spiro atoms. The maximum Gasteiger partial charge on any atom is 0.306 e. The molecule has 3 rings (SSSR count). The SMILES string of the molecule is CC(CC(=O)OC1CCCCCCC1)c1ccc(-c2ccccc2)cc1. The standard InChI is InChI=1S/C24H30O2/c1-19(18-24(25)26-23-12-8-3-2-4-9-13-23)20-14-16-22(17-15-20)21-10-6-5-7-11-21/h5-7,10-11,14-17,19,23H,2-4,8-9,12-13,18H2,1H3. The highest BCUT2D eigenvalue weighted by molar-refractivity contribution is 5.71. The quantitative estimate of drug-likeness (QED) is 0.575. The van der Waals surface area contributed by atoms with Gasteiger partial charge in [-0.2, -0.15) is 0 Å². The van der Waals surface area contributed by atoms with Gasteiger partial charge in [0.1, 0.15) is 6.10 Å². The summed E-state index contributed by atoms with van der Waals surface area (Å²) in [5, 5.41) is 0. The number of benzene rings is 2. The molecule has 0 heterocycles. The summed E-state index contributed by atoms with van der Waals surface area (Å²) in [6.07, 6.45) is 8.92. The van der Waals surface area contributed by atoms with Crippen molar-refractivity contribution in [3.63, 3.8) is 0 Å². The fourth-order valence-electron chi connectivity index (χ4n) is 3.77. The Hall–Kier alpha value is -2.09. The Morgan fingerprint density at radius 2 is 1.46 bits per heavy atom. The van der Waals surface area contributed by atoms with Crippen molar-refractivity contribution in [2.75, 3.05) is 0 Å². The summed E-state index contributed by atoms with van der Waals surface area (Å²) in [5.41, 5.74) is 3.62. The van der Waals surface area contributed by atoms with Gasteiger partial charge in [0, 0.05) is 0 Å². The van der Waals surface area contributed by atoms with E-state index in [4.69, 9.17) is 4.74 Å². The van der Waals surface area contributed by atoms with E-state index in [-0.39, 0.29) is 18.0 Å². The lowest BCUT2D eigenvalue weighted by Crippen LogP contribution is -2.20. The number of esters is 1. The van der Waals surface area contributed by atoms with E-state index in [0.29, 0.717) is 6.42 Å². The fraction of sp³-hybridized carbons (Fsp3) is 0.458. The number of hydrogen-bond acceptors (Lipinski definition) is 2. The zero-order valence-electron chi connectivity index (χ0n) is 15.8. The minimum atomic E-state index is -0.0461. The molecular formula is C24H30O2. The van der Waals surface area contributed by atoms with Gasteiger partial charge in [0.05, 0.1) is 6.42 Å². The highest BCUT2D eigenvalue weighted by Gasteiger charge is 2.18. The summed E-state index contributed by atoms with van der Waals surface area (Å²) >= 11 is 0. The lowest BCUT2D eigenvalue weighted by Gasteiger charge is -2.21. The number of carbonyl (C=O) groups excluding carboxylic acids is 1. The molecule has 2 nitrogen and oxygen atoms in total. The van der Waals surface area contributed by atoms with Crippen LogP contribution in [0.15, 0.2) is 54.6 Å². The van der Waals surface area contributed by atoms with Crippen LogP contribution >= 0.6 is 0 Å². The molecule has 0 radical (unpaired) electrons. The lowest BCUT2D eigenvalue weighted by molar-refractivity contribution is -0.150. The Morgan fingerprint density at radius 3 is 2.12 bits per heavy atom. The Morgan fingerprint density at radius 1 is 0.885 bits per heavy atom. The first-order chi connectivity index (χ1) is 12.7. The van der Waals surface area contributed by atoms with Gasteiger partial charge in [-0.15, -0.1) is 0 Å². The summed E-state index contributed by atoms with van der Waals surface area (Å²) in [5.74, 6) is 0.135. The molecule has 1 aliphatic carbocycles. The van der Waals surface area contributed by atoms with Crippen LogP contribution in [0.25, 0.3) is 11.1 Å². The molecule has 0 aromatic heterocycles. The van der Waals surface area contributed by atoms with Gasteiger partial charge in [0.15, 0.2) is 0 Å². The maximum absolute atomic E-state index is 12.4. The molecule has 26 heavy (non-hydrogen) atoms. The van der Waals surface area contributed by atoms with Crippen molar-refractivity contribution in [3.8, 4) is 11.1 Å². The zero-order valence-corrected chi connectivity index (χ0v) is 15.8. The summed E-state index contributed by atoms with van der Waals surface area (Å²) in [6, 6.07) is 18.9. The third kappa shape index (κ3) is 5.45. The van der Waals surface area contributed by atoms with Crippen molar-refractivity contribution < 1.29 is 9.53 Å². The van der Waals surface area contributed by atoms with Crippen molar-refractivity contribution in [1.82, 2.24) is 0 Å². The number of carbonyl (C=O) groups is 1. The summed E-state index contributed by atoms with van der Waals surface area (Å²) in [4.78, 5) is 12.4. The fourth-order valence-corrected chi connectivity index (χ4v) is 3.77. The topological polar surface area (TPSA) is 26.3 Å². The van der Waals surface area contributed by atoms with E-state index in [9.17, 15) is 4.79 Å². The van der Waals surface area contributed by atoms with Crippen LogP contribution in [-0.2, 0) is 9.53 Å². The molecule has 0 bridgehead atoms. The molecule has 1 fully saturated rings. The Kier molecular flexibility index (Phi) is 6.88. The second-order valence-electron chi connectivity index (χ2n) is 7.55. The lowest BCUT2D eigenvalue weighted by atomic mass is 9.95. The minimum absolute atomic E-state index is 0.0461. The van der Waals surface area contributed by atoms with Gasteiger partial charge in [-0.3, -0.25) is 4.79 Å². The van der Waals surface area contributed by atoms with E-state index in [2.05, 4.69) is 55.5 Å². The molecule has 0 saturated heterocycles. The van der Waals surface area contributed by atoms with E-state index in [0.717, 1.165) is 12.8 Å². The van der Waals surface area contributed by atoms with Crippen molar-refractivity contribution in [3.05, 3.63) is 60.2 Å². The van der Waals surface area contributed by atoms with Gasteiger partial charge in [0.25, 0.3) is 0 Å². The zero-order chi connectivity index (χ0) is 18.2. The molecule has 0 N–H and O–H groups in total. The van der Waals surface area contributed by atoms with Gasteiger partial charge < -0.3 is 4.74 Å². The average Bonchev–Trinajstić information content (AvgIpc) is 2.64. The third-order valence-corrected chi connectivity index (χ3v) is 5.41. The molecule has 138 valence electrons.